The zero-order chi connectivity index (χ0) is 12.5. The van der Waals surface area contributed by atoms with E-state index in [1.165, 1.54) is 12.1 Å². The van der Waals surface area contributed by atoms with Gasteiger partial charge < -0.3 is 16.0 Å². The molecule has 0 spiro atoms. The monoisotopic (exact) mass is 239 g/mol. The van der Waals surface area contributed by atoms with E-state index in [2.05, 4.69) is 16.0 Å². The summed E-state index contributed by atoms with van der Waals surface area (Å²) in [5, 5.41) is 8.27. The topological polar surface area (TPSA) is 53.2 Å². The highest BCUT2D eigenvalue weighted by Gasteiger charge is 2.04. The Bertz CT molecular complexity index is 357. The van der Waals surface area contributed by atoms with Crippen molar-refractivity contribution < 1.29 is 9.18 Å². The summed E-state index contributed by atoms with van der Waals surface area (Å²) in [6, 6.07) is 5.69. The molecule has 5 heteroatoms. The van der Waals surface area contributed by atoms with Crippen molar-refractivity contribution in [2.75, 3.05) is 25.0 Å². The van der Waals surface area contributed by atoms with E-state index in [4.69, 9.17) is 0 Å². The van der Waals surface area contributed by atoms with Crippen LogP contribution in [-0.2, 0) is 0 Å². The molecule has 1 rings (SSSR count). The number of hydrogen-bond acceptors (Lipinski definition) is 2. The molecule has 94 valence electrons. The number of rotatable bonds is 6. The second kappa shape index (κ2) is 7.62. The highest BCUT2D eigenvalue weighted by atomic mass is 19.1. The molecule has 0 heterocycles. The molecule has 0 saturated carbocycles. The van der Waals surface area contributed by atoms with E-state index in [1.807, 2.05) is 6.92 Å². The molecule has 3 N–H and O–H groups in total. The molecule has 2 amide bonds. The van der Waals surface area contributed by atoms with Crippen LogP contribution >= 0.6 is 0 Å². The average molecular weight is 239 g/mol. The Kier molecular flexibility index (Phi) is 6.03. The number of para-hydroxylation sites is 1. The van der Waals surface area contributed by atoms with Crippen molar-refractivity contribution in [3.63, 3.8) is 0 Å². The number of benzene rings is 1. The van der Waals surface area contributed by atoms with E-state index in [-0.39, 0.29) is 11.7 Å². The van der Waals surface area contributed by atoms with Crippen molar-refractivity contribution in [3.8, 4) is 0 Å². The molecule has 1 aromatic carbocycles. The molecule has 17 heavy (non-hydrogen) atoms. The number of carbonyl (C=O) groups is 1. The molecule has 0 aliphatic carbocycles. The molecule has 0 saturated heterocycles. The van der Waals surface area contributed by atoms with Crippen LogP contribution < -0.4 is 16.0 Å². The van der Waals surface area contributed by atoms with Gasteiger partial charge in [-0.1, -0.05) is 19.1 Å². The van der Waals surface area contributed by atoms with Crippen LogP contribution in [0.2, 0.25) is 0 Å². The van der Waals surface area contributed by atoms with E-state index in [0.717, 1.165) is 19.5 Å². The van der Waals surface area contributed by atoms with Crippen molar-refractivity contribution in [1.29, 1.82) is 0 Å². The first-order valence-corrected chi connectivity index (χ1v) is 5.74. The van der Waals surface area contributed by atoms with Crippen LogP contribution in [0.4, 0.5) is 14.9 Å². The summed E-state index contributed by atoms with van der Waals surface area (Å²) in [4.78, 5) is 11.4. The van der Waals surface area contributed by atoms with Gasteiger partial charge in [-0.25, -0.2) is 9.18 Å². The smallest absolute Gasteiger partial charge is 0.319 e. The minimum Gasteiger partial charge on any atom is -0.338 e. The number of amides is 2. The molecule has 0 aliphatic rings. The van der Waals surface area contributed by atoms with E-state index < -0.39 is 5.82 Å². The Hall–Kier alpha value is -1.62. The normalized spacial score (nSPS) is 10.0. The van der Waals surface area contributed by atoms with Gasteiger partial charge in [-0.2, -0.15) is 0 Å². The minimum atomic E-state index is -0.435. The van der Waals surface area contributed by atoms with Crippen LogP contribution in [-0.4, -0.2) is 25.7 Å². The summed E-state index contributed by atoms with van der Waals surface area (Å²) in [7, 11) is 0. The third-order valence-electron chi connectivity index (χ3n) is 2.19. The fraction of sp³-hybridized carbons (Fsp3) is 0.417. The Balaban J connectivity index is 2.23. The van der Waals surface area contributed by atoms with Crippen LogP contribution in [0.3, 0.4) is 0 Å². The van der Waals surface area contributed by atoms with Gasteiger partial charge in [-0.15, -0.1) is 0 Å². The molecular formula is C12H18FN3O. The van der Waals surface area contributed by atoms with Crippen molar-refractivity contribution in [1.82, 2.24) is 10.6 Å². The summed E-state index contributed by atoms with van der Waals surface area (Å²) in [6.45, 7) is 4.36. The van der Waals surface area contributed by atoms with Crippen LogP contribution in [0.15, 0.2) is 24.3 Å². The first kappa shape index (κ1) is 13.4. The lowest BCUT2D eigenvalue weighted by atomic mass is 10.3. The van der Waals surface area contributed by atoms with Gasteiger partial charge in [-0.05, 0) is 31.6 Å². The first-order valence-electron chi connectivity index (χ1n) is 5.74. The zero-order valence-electron chi connectivity index (χ0n) is 9.92. The van der Waals surface area contributed by atoms with E-state index in [1.54, 1.807) is 12.1 Å². The molecule has 4 nitrogen and oxygen atoms in total. The number of anilines is 1. The van der Waals surface area contributed by atoms with Gasteiger partial charge >= 0.3 is 6.03 Å². The lowest BCUT2D eigenvalue weighted by molar-refractivity contribution is 0.252. The van der Waals surface area contributed by atoms with Gasteiger partial charge in [0.1, 0.15) is 5.82 Å². The van der Waals surface area contributed by atoms with Crippen LogP contribution in [0.5, 0.6) is 0 Å². The summed E-state index contributed by atoms with van der Waals surface area (Å²) >= 11 is 0. The molecule has 0 radical (unpaired) electrons. The fourth-order valence-electron chi connectivity index (χ4n) is 1.32. The van der Waals surface area contributed by atoms with Gasteiger partial charge in [0, 0.05) is 6.54 Å². The average Bonchev–Trinajstić information content (AvgIpc) is 2.32. The summed E-state index contributed by atoms with van der Waals surface area (Å²) in [5.41, 5.74) is 0.191. The van der Waals surface area contributed by atoms with Gasteiger partial charge in [0.15, 0.2) is 0 Å². The summed E-state index contributed by atoms with van der Waals surface area (Å²) in [6.07, 6.45) is 0.846. The lowest BCUT2D eigenvalue weighted by Gasteiger charge is -2.08. The minimum absolute atomic E-state index is 0.191. The second-order valence-corrected chi connectivity index (χ2v) is 3.57. The number of halogens is 1. The van der Waals surface area contributed by atoms with Crippen molar-refractivity contribution >= 4 is 11.7 Å². The predicted molar refractivity (Wildman–Crippen MR) is 66.6 cm³/mol. The van der Waals surface area contributed by atoms with Gasteiger partial charge in [0.05, 0.1) is 5.69 Å². The van der Waals surface area contributed by atoms with Crippen molar-refractivity contribution in [3.05, 3.63) is 30.1 Å². The van der Waals surface area contributed by atoms with Gasteiger partial charge in [-0.3, -0.25) is 0 Å². The number of carbonyl (C=O) groups excluding carboxylic acids is 1. The Morgan fingerprint density at radius 1 is 1.29 bits per heavy atom. The van der Waals surface area contributed by atoms with Crippen LogP contribution in [0.1, 0.15) is 13.3 Å². The van der Waals surface area contributed by atoms with Crippen molar-refractivity contribution in [2.24, 2.45) is 0 Å². The molecule has 0 fully saturated rings. The number of hydrogen-bond donors (Lipinski definition) is 3. The van der Waals surface area contributed by atoms with Gasteiger partial charge in [0.25, 0.3) is 0 Å². The third-order valence-corrected chi connectivity index (χ3v) is 2.19. The zero-order valence-corrected chi connectivity index (χ0v) is 9.92. The quantitative estimate of drug-likeness (QED) is 0.664. The maximum atomic E-state index is 13.2. The SMILES string of the molecule is CCNCCCNC(=O)Nc1ccccc1F. The molecule has 0 bridgehead atoms. The lowest BCUT2D eigenvalue weighted by Crippen LogP contribution is -2.31. The second-order valence-electron chi connectivity index (χ2n) is 3.57. The highest BCUT2D eigenvalue weighted by Crippen LogP contribution is 2.11. The fourth-order valence-corrected chi connectivity index (χ4v) is 1.32. The van der Waals surface area contributed by atoms with E-state index >= 15 is 0 Å². The molecule has 0 atom stereocenters. The Morgan fingerprint density at radius 3 is 2.76 bits per heavy atom. The number of urea groups is 1. The molecule has 0 unspecified atom stereocenters. The molecule has 0 aromatic heterocycles. The Labute approximate surface area is 101 Å². The van der Waals surface area contributed by atoms with Crippen molar-refractivity contribution in [2.45, 2.75) is 13.3 Å². The van der Waals surface area contributed by atoms with E-state index in [9.17, 15) is 9.18 Å². The summed E-state index contributed by atoms with van der Waals surface area (Å²) < 4.78 is 13.2. The maximum Gasteiger partial charge on any atom is 0.319 e. The van der Waals surface area contributed by atoms with Crippen LogP contribution in [0.25, 0.3) is 0 Å². The standard InChI is InChI=1S/C12H18FN3O/c1-2-14-8-5-9-15-12(17)16-11-7-4-3-6-10(11)13/h3-4,6-7,14H,2,5,8-9H2,1H3,(H2,15,16,17). The Morgan fingerprint density at radius 2 is 2.06 bits per heavy atom. The maximum absolute atomic E-state index is 13.2. The number of nitrogens with one attached hydrogen (secondary N) is 3. The highest BCUT2D eigenvalue weighted by molar-refractivity contribution is 5.89. The van der Waals surface area contributed by atoms with E-state index in [0.29, 0.717) is 6.54 Å². The first-order chi connectivity index (χ1) is 8.24. The largest absolute Gasteiger partial charge is 0.338 e. The predicted octanol–water partition coefficient (Wildman–Crippen LogP) is 1.95. The molecular weight excluding hydrogens is 221 g/mol. The van der Waals surface area contributed by atoms with Crippen LogP contribution in [0, 0.1) is 5.82 Å². The van der Waals surface area contributed by atoms with Gasteiger partial charge in [0.2, 0.25) is 0 Å². The molecule has 1 aromatic rings. The molecule has 0 aliphatic heterocycles. The summed E-state index contributed by atoms with van der Waals surface area (Å²) in [5.74, 6) is -0.435. The third kappa shape index (κ3) is 5.31.